The molecule has 0 saturated heterocycles. The molecular formula is C14H18Cl3NOS. The van der Waals surface area contributed by atoms with Crippen LogP contribution in [0.25, 0.3) is 0 Å². The molecule has 0 heterocycles. The van der Waals surface area contributed by atoms with E-state index in [4.69, 9.17) is 34.8 Å². The van der Waals surface area contributed by atoms with Crippen molar-refractivity contribution < 1.29 is 4.79 Å². The number of rotatable bonds is 8. The summed E-state index contributed by atoms with van der Waals surface area (Å²) in [6.07, 6.45) is 1.99. The molecule has 0 aliphatic carbocycles. The molecule has 6 heteroatoms. The molecular weight excluding hydrogens is 337 g/mol. The Morgan fingerprint density at radius 1 is 1.35 bits per heavy atom. The van der Waals surface area contributed by atoms with Crippen LogP contribution in [0.15, 0.2) is 30.3 Å². The van der Waals surface area contributed by atoms with E-state index in [1.54, 1.807) is 0 Å². The van der Waals surface area contributed by atoms with Gasteiger partial charge in [0.2, 0.25) is 0 Å². The van der Waals surface area contributed by atoms with Gasteiger partial charge in [0.1, 0.15) is 4.84 Å². The number of nitrogens with one attached hydrogen (secondary N) is 1. The maximum absolute atomic E-state index is 12.2. The van der Waals surface area contributed by atoms with Crippen molar-refractivity contribution in [2.24, 2.45) is 0 Å². The van der Waals surface area contributed by atoms with Crippen LogP contribution >= 0.6 is 46.6 Å². The number of benzene rings is 1. The maximum Gasteiger partial charge on any atom is 0.254 e. The summed E-state index contributed by atoms with van der Waals surface area (Å²) in [7, 11) is 0. The first-order valence-electron chi connectivity index (χ1n) is 6.44. The fourth-order valence-corrected chi connectivity index (χ4v) is 3.43. The molecule has 1 aromatic carbocycles. The number of hydrogen-bond donors (Lipinski definition) is 1. The van der Waals surface area contributed by atoms with Crippen molar-refractivity contribution in [3.63, 3.8) is 0 Å². The van der Waals surface area contributed by atoms with Crippen LogP contribution in [0.5, 0.6) is 0 Å². The zero-order valence-corrected chi connectivity index (χ0v) is 14.3. The van der Waals surface area contributed by atoms with Crippen molar-refractivity contribution in [1.29, 1.82) is 0 Å². The molecule has 112 valence electrons. The average molecular weight is 355 g/mol. The number of carbonyl (C=O) groups is 1. The average Bonchev–Trinajstić information content (AvgIpc) is 2.45. The van der Waals surface area contributed by atoms with E-state index in [0.717, 1.165) is 24.2 Å². The molecule has 0 aliphatic rings. The molecule has 0 aromatic heterocycles. The molecule has 1 aromatic rings. The summed E-state index contributed by atoms with van der Waals surface area (Å²) < 4.78 is -1.34. The van der Waals surface area contributed by atoms with Crippen molar-refractivity contribution in [3.8, 4) is 0 Å². The fourth-order valence-electron chi connectivity index (χ4n) is 1.49. The Labute approximate surface area is 139 Å². The highest BCUT2D eigenvalue weighted by molar-refractivity contribution is 8.02. The Kier molecular flexibility index (Phi) is 8.11. The van der Waals surface area contributed by atoms with E-state index in [1.165, 1.54) is 11.8 Å². The summed E-state index contributed by atoms with van der Waals surface area (Å²) in [6, 6.07) is 9.61. The van der Waals surface area contributed by atoms with Gasteiger partial charge in [-0.1, -0.05) is 55.3 Å². The van der Waals surface area contributed by atoms with E-state index >= 15 is 0 Å². The summed E-state index contributed by atoms with van der Waals surface area (Å²) in [4.78, 5) is 11.3. The highest BCUT2D eigenvalue weighted by Crippen LogP contribution is 2.39. The van der Waals surface area contributed by atoms with Gasteiger partial charge in [-0.25, -0.2) is 0 Å². The van der Waals surface area contributed by atoms with Crippen LogP contribution < -0.4 is 5.32 Å². The van der Waals surface area contributed by atoms with Gasteiger partial charge in [-0.15, -0.1) is 35.0 Å². The van der Waals surface area contributed by atoms with Gasteiger partial charge in [-0.05, 0) is 17.7 Å². The first-order chi connectivity index (χ1) is 9.50. The summed E-state index contributed by atoms with van der Waals surface area (Å²) >= 11 is 19.4. The van der Waals surface area contributed by atoms with E-state index in [9.17, 15) is 4.79 Å². The van der Waals surface area contributed by atoms with Crippen LogP contribution in [0.2, 0.25) is 0 Å². The van der Waals surface area contributed by atoms with Crippen molar-refractivity contribution in [3.05, 3.63) is 35.9 Å². The van der Waals surface area contributed by atoms with Gasteiger partial charge in [-0.2, -0.15) is 0 Å². The van der Waals surface area contributed by atoms with Gasteiger partial charge >= 0.3 is 0 Å². The standard InChI is InChI=1S/C14H18Cl3NOS/c1-2-3-9-20-14(17,12(15)16)13(19)18-10-11-7-5-4-6-8-11/h4-8,12H,2-3,9-10H2,1H3,(H,18,19). The molecule has 2 nitrogen and oxygen atoms in total. The fraction of sp³-hybridized carbons (Fsp3) is 0.500. The Hall–Kier alpha value is -0.0900. The summed E-state index contributed by atoms with van der Waals surface area (Å²) in [5, 5.41) is 2.79. The predicted octanol–water partition coefficient (Wildman–Crippen LogP) is 4.57. The normalized spacial score (nSPS) is 14.1. The number of alkyl halides is 3. The molecule has 1 rings (SSSR count). The SMILES string of the molecule is CCCCSC(Cl)(C(=O)NCc1ccccc1)C(Cl)Cl. The van der Waals surface area contributed by atoms with Gasteiger partial charge < -0.3 is 5.32 Å². The minimum atomic E-state index is -1.34. The molecule has 0 aliphatic heterocycles. The molecule has 0 fully saturated rings. The molecule has 0 radical (unpaired) electrons. The first kappa shape index (κ1) is 18.0. The summed E-state index contributed by atoms with van der Waals surface area (Å²) in [5.41, 5.74) is 0.999. The number of thioether (sulfide) groups is 1. The number of hydrogen-bond acceptors (Lipinski definition) is 2. The lowest BCUT2D eigenvalue weighted by Gasteiger charge is -2.26. The monoisotopic (exact) mass is 353 g/mol. The lowest BCUT2D eigenvalue weighted by molar-refractivity contribution is -0.121. The highest BCUT2D eigenvalue weighted by Gasteiger charge is 2.43. The predicted molar refractivity (Wildman–Crippen MR) is 89.7 cm³/mol. The van der Waals surface area contributed by atoms with E-state index in [2.05, 4.69) is 12.2 Å². The van der Waals surface area contributed by atoms with Crippen LogP contribution in [0.3, 0.4) is 0 Å². The van der Waals surface area contributed by atoms with E-state index in [1.807, 2.05) is 30.3 Å². The minimum absolute atomic E-state index is 0.348. The number of unbranched alkanes of at least 4 members (excludes halogenated alkanes) is 1. The van der Waals surface area contributed by atoms with Crippen molar-refractivity contribution >= 4 is 52.5 Å². The van der Waals surface area contributed by atoms with Gasteiger partial charge in [0, 0.05) is 6.54 Å². The third-order valence-electron chi connectivity index (χ3n) is 2.70. The Bertz CT molecular complexity index is 416. The molecule has 0 bridgehead atoms. The van der Waals surface area contributed by atoms with Crippen LogP contribution in [0.1, 0.15) is 25.3 Å². The third kappa shape index (κ3) is 5.36. The second kappa shape index (κ2) is 9.04. The topological polar surface area (TPSA) is 29.1 Å². The molecule has 1 amide bonds. The molecule has 0 spiro atoms. The van der Waals surface area contributed by atoms with Crippen LogP contribution in [-0.4, -0.2) is 20.7 Å². The van der Waals surface area contributed by atoms with E-state index < -0.39 is 9.04 Å². The van der Waals surface area contributed by atoms with Crippen LogP contribution in [0, 0.1) is 0 Å². The number of halogens is 3. The first-order valence-corrected chi connectivity index (χ1v) is 8.67. The Morgan fingerprint density at radius 2 is 2.00 bits per heavy atom. The third-order valence-corrected chi connectivity index (χ3v) is 5.88. The zero-order valence-electron chi connectivity index (χ0n) is 11.2. The van der Waals surface area contributed by atoms with E-state index in [0.29, 0.717) is 6.54 Å². The van der Waals surface area contributed by atoms with Crippen molar-refractivity contribution in [2.45, 2.75) is 35.4 Å². The number of amides is 1. The molecule has 1 unspecified atom stereocenters. The Morgan fingerprint density at radius 3 is 2.55 bits per heavy atom. The van der Waals surface area contributed by atoms with Gasteiger partial charge in [0.15, 0.2) is 4.21 Å². The van der Waals surface area contributed by atoms with E-state index in [-0.39, 0.29) is 5.91 Å². The van der Waals surface area contributed by atoms with Crippen LogP contribution in [-0.2, 0) is 11.3 Å². The lowest BCUT2D eigenvalue weighted by atomic mass is 10.2. The van der Waals surface area contributed by atoms with Gasteiger partial charge in [-0.3, -0.25) is 4.79 Å². The quantitative estimate of drug-likeness (QED) is 0.547. The van der Waals surface area contributed by atoms with Crippen molar-refractivity contribution in [1.82, 2.24) is 5.32 Å². The molecule has 0 saturated carbocycles. The molecule has 1 atom stereocenters. The number of carbonyl (C=O) groups excluding carboxylic acids is 1. The summed E-state index contributed by atoms with van der Waals surface area (Å²) in [6.45, 7) is 2.48. The van der Waals surface area contributed by atoms with Gasteiger partial charge in [0.05, 0.1) is 0 Å². The smallest absolute Gasteiger partial charge is 0.254 e. The zero-order chi connectivity index (χ0) is 15.0. The van der Waals surface area contributed by atoms with Crippen LogP contribution in [0.4, 0.5) is 0 Å². The lowest BCUT2D eigenvalue weighted by Crippen LogP contribution is -2.44. The minimum Gasteiger partial charge on any atom is -0.350 e. The highest BCUT2D eigenvalue weighted by atomic mass is 35.5. The second-order valence-electron chi connectivity index (χ2n) is 4.32. The maximum atomic E-state index is 12.2. The van der Waals surface area contributed by atoms with Gasteiger partial charge in [0.25, 0.3) is 5.91 Å². The van der Waals surface area contributed by atoms with Crippen molar-refractivity contribution in [2.75, 3.05) is 5.75 Å². The Balaban J connectivity index is 2.59. The summed E-state index contributed by atoms with van der Waals surface area (Å²) in [5.74, 6) is 0.397. The molecule has 20 heavy (non-hydrogen) atoms. The molecule has 1 N–H and O–H groups in total. The second-order valence-corrected chi connectivity index (χ2v) is 7.57. The largest absolute Gasteiger partial charge is 0.350 e.